The van der Waals surface area contributed by atoms with E-state index in [1.54, 1.807) is 24.3 Å². The zero-order valence-corrected chi connectivity index (χ0v) is 11.4. The van der Waals surface area contributed by atoms with Gasteiger partial charge in [-0.05, 0) is 25.5 Å². The highest BCUT2D eigenvalue weighted by atomic mass is 16.5. The average Bonchev–Trinajstić information content (AvgIpc) is 2.43. The fourth-order valence-electron chi connectivity index (χ4n) is 1.33. The number of para-hydroxylation sites is 1. The summed E-state index contributed by atoms with van der Waals surface area (Å²) in [5.41, 5.74) is 0.265. The van der Waals surface area contributed by atoms with Crippen LogP contribution >= 0.6 is 0 Å². The SMILES string of the molecule is C=C(C)C(=O)OCC(O)CCC(=O)Oc1ccccc1. The molecule has 0 aliphatic carbocycles. The Morgan fingerprint density at radius 1 is 1.30 bits per heavy atom. The van der Waals surface area contributed by atoms with Crippen molar-refractivity contribution in [2.75, 3.05) is 6.61 Å². The molecule has 1 rings (SSSR count). The van der Waals surface area contributed by atoms with Gasteiger partial charge in [-0.3, -0.25) is 4.79 Å². The molecule has 0 aliphatic rings. The Balaban J connectivity index is 2.23. The predicted octanol–water partition coefficient (Wildman–Crippen LogP) is 1.85. The number of hydrogen-bond acceptors (Lipinski definition) is 5. The maximum atomic E-state index is 11.5. The molecule has 20 heavy (non-hydrogen) atoms. The van der Waals surface area contributed by atoms with Crippen molar-refractivity contribution in [2.45, 2.75) is 25.9 Å². The molecule has 1 aromatic rings. The number of aliphatic hydroxyl groups excluding tert-OH is 1. The number of carbonyl (C=O) groups is 2. The maximum absolute atomic E-state index is 11.5. The van der Waals surface area contributed by atoms with Crippen molar-refractivity contribution in [1.29, 1.82) is 0 Å². The summed E-state index contributed by atoms with van der Waals surface area (Å²) < 4.78 is 9.83. The summed E-state index contributed by atoms with van der Waals surface area (Å²) in [5, 5.41) is 9.58. The number of aliphatic hydroxyl groups is 1. The van der Waals surface area contributed by atoms with Gasteiger partial charge in [0.25, 0.3) is 0 Å². The number of benzene rings is 1. The zero-order chi connectivity index (χ0) is 15.0. The normalized spacial score (nSPS) is 11.5. The molecule has 0 bridgehead atoms. The van der Waals surface area contributed by atoms with Crippen LogP contribution in [0.25, 0.3) is 0 Å². The predicted molar refractivity (Wildman–Crippen MR) is 73.1 cm³/mol. The van der Waals surface area contributed by atoms with Gasteiger partial charge in [-0.1, -0.05) is 24.8 Å². The second-order valence-corrected chi connectivity index (χ2v) is 4.36. The number of hydrogen-bond donors (Lipinski definition) is 1. The van der Waals surface area contributed by atoms with Gasteiger partial charge in [-0.2, -0.15) is 0 Å². The smallest absolute Gasteiger partial charge is 0.333 e. The highest BCUT2D eigenvalue weighted by Gasteiger charge is 2.12. The number of esters is 2. The Hall–Kier alpha value is -2.14. The summed E-state index contributed by atoms with van der Waals surface area (Å²) in [6.07, 6.45) is -0.697. The largest absolute Gasteiger partial charge is 0.460 e. The van der Waals surface area contributed by atoms with Crippen LogP contribution in [0.5, 0.6) is 5.75 Å². The standard InChI is InChI=1S/C15H18O5/c1-11(2)15(18)19-10-12(16)8-9-14(17)20-13-6-4-3-5-7-13/h3-7,12,16H,1,8-10H2,2H3. The second kappa shape index (κ2) is 8.12. The molecule has 0 heterocycles. The van der Waals surface area contributed by atoms with E-state index in [-0.39, 0.29) is 25.0 Å². The first-order valence-corrected chi connectivity index (χ1v) is 6.25. The van der Waals surface area contributed by atoms with Gasteiger partial charge in [0.05, 0.1) is 6.10 Å². The molecular formula is C15H18O5. The van der Waals surface area contributed by atoms with E-state index in [1.807, 2.05) is 6.07 Å². The fraction of sp³-hybridized carbons (Fsp3) is 0.333. The van der Waals surface area contributed by atoms with E-state index in [1.165, 1.54) is 6.92 Å². The third-order valence-electron chi connectivity index (χ3n) is 2.41. The van der Waals surface area contributed by atoms with Crippen LogP contribution in [-0.2, 0) is 14.3 Å². The van der Waals surface area contributed by atoms with Crippen LogP contribution in [0.2, 0.25) is 0 Å². The zero-order valence-electron chi connectivity index (χ0n) is 11.4. The van der Waals surface area contributed by atoms with Gasteiger partial charge in [0.15, 0.2) is 0 Å². The topological polar surface area (TPSA) is 72.8 Å². The summed E-state index contributed by atoms with van der Waals surface area (Å²) in [5.74, 6) is -0.543. The fourth-order valence-corrected chi connectivity index (χ4v) is 1.33. The average molecular weight is 278 g/mol. The van der Waals surface area contributed by atoms with Gasteiger partial charge in [0.2, 0.25) is 0 Å². The Bertz CT molecular complexity index is 466. The lowest BCUT2D eigenvalue weighted by Crippen LogP contribution is -2.21. The summed E-state index contributed by atoms with van der Waals surface area (Å²) in [6.45, 7) is 4.78. The van der Waals surface area contributed by atoms with Crippen molar-refractivity contribution in [3.63, 3.8) is 0 Å². The highest BCUT2D eigenvalue weighted by molar-refractivity contribution is 5.86. The van der Waals surface area contributed by atoms with Crippen LogP contribution in [-0.4, -0.2) is 29.8 Å². The minimum Gasteiger partial charge on any atom is -0.460 e. The third kappa shape index (κ3) is 6.15. The molecule has 0 saturated heterocycles. The summed E-state index contributed by atoms with van der Waals surface area (Å²) >= 11 is 0. The van der Waals surface area contributed by atoms with E-state index in [0.29, 0.717) is 5.75 Å². The van der Waals surface area contributed by atoms with Gasteiger partial charge >= 0.3 is 11.9 Å². The minimum absolute atomic E-state index is 0.0423. The number of rotatable bonds is 7. The molecule has 0 aliphatic heterocycles. The first kappa shape index (κ1) is 15.9. The molecule has 5 nitrogen and oxygen atoms in total. The number of carbonyl (C=O) groups excluding carboxylic acids is 2. The van der Waals surface area contributed by atoms with E-state index < -0.39 is 18.0 Å². The molecule has 1 N–H and O–H groups in total. The van der Waals surface area contributed by atoms with Gasteiger partial charge in [-0.15, -0.1) is 0 Å². The molecule has 1 aromatic carbocycles. The van der Waals surface area contributed by atoms with Gasteiger partial charge in [-0.25, -0.2) is 4.79 Å². The second-order valence-electron chi connectivity index (χ2n) is 4.36. The van der Waals surface area contributed by atoms with E-state index in [0.717, 1.165) is 0 Å². The highest BCUT2D eigenvalue weighted by Crippen LogP contribution is 2.10. The Kier molecular flexibility index (Phi) is 6.46. The maximum Gasteiger partial charge on any atom is 0.333 e. The lowest BCUT2D eigenvalue weighted by Gasteiger charge is -2.11. The molecule has 0 saturated carbocycles. The van der Waals surface area contributed by atoms with Crippen molar-refractivity contribution < 1.29 is 24.2 Å². The summed E-state index contributed by atoms with van der Waals surface area (Å²) in [7, 11) is 0. The molecule has 0 aromatic heterocycles. The van der Waals surface area contributed by atoms with Gasteiger partial charge in [0.1, 0.15) is 12.4 Å². The van der Waals surface area contributed by atoms with Crippen molar-refractivity contribution in [1.82, 2.24) is 0 Å². The van der Waals surface area contributed by atoms with Crippen LogP contribution < -0.4 is 4.74 Å². The molecule has 1 atom stereocenters. The van der Waals surface area contributed by atoms with Crippen molar-refractivity contribution in [2.24, 2.45) is 0 Å². The molecule has 0 amide bonds. The molecule has 108 valence electrons. The van der Waals surface area contributed by atoms with Crippen LogP contribution in [0.1, 0.15) is 19.8 Å². The van der Waals surface area contributed by atoms with Crippen LogP contribution in [0, 0.1) is 0 Å². The lowest BCUT2D eigenvalue weighted by atomic mass is 10.2. The molecule has 1 unspecified atom stereocenters. The quantitative estimate of drug-likeness (QED) is 0.468. The van der Waals surface area contributed by atoms with E-state index in [4.69, 9.17) is 9.47 Å². The van der Waals surface area contributed by atoms with Crippen LogP contribution in [0.3, 0.4) is 0 Å². The van der Waals surface area contributed by atoms with Crippen LogP contribution in [0.4, 0.5) is 0 Å². The first-order chi connectivity index (χ1) is 9.49. The molecular weight excluding hydrogens is 260 g/mol. The van der Waals surface area contributed by atoms with Gasteiger partial charge < -0.3 is 14.6 Å². The van der Waals surface area contributed by atoms with Gasteiger partial charge in [0, 0.05) is 12.0 Å². The molecule has 0 spiro atoms. The Morgan fingerprint density at radius 3 is 2.55 bits per heavy atom. The molecule has 5 heteroatoms. The first-order valence-electron chi connectivity index (χ1n) is 6.25. The van der Waals surface area contributed by atoms with Crippen molar-refractivity contribution in [3.8, 4) is 5.75 Å². The Labute approximate surface area is 117 Å². The minimum atomic E-state index is -0.901. The molecule has 0 fully saturated rings. The number of ether oxygens (including phenoxy) is 2. The molecule has 0 radical (unpaired) electrons. The lowest BCUT2D eigenvalue weighted by molar-refractivity contribution is -0.142. The van der Waals surface area contributed by atoms with E-state index in [2.05, 4.69) is 6.58 Å². The Morgan fingerprint density at radius 2 is 1.95 bits per heavy atom. The van der Waals surface area contributed by atoms with E-state index in [9.17, 15) is 14.7 Å². The summed E-state index contributed by atoms with van der Waals surface area (Å²) in [4.78, 5) is 22.6. The van der Waals surface area contributed by atoms with Crippen molar-refractivity contribution >= 4 is 11.9 Å². The van der Waals surface area contributed by atoms with Crippen LogP contribution in [0.15, 0.2) is 42.5 Å². The third-order valence-corrected chi connectivity index (χ3v) is 2.41. The monoisotopic (exact) mass is 278 g/mol. The van der Waals surface area contributed by atoms with Crippen molar-refractivity contribution in [3.05, 3.63) is 42.5 Å². The van der Waals surface area contributed by atoms with E-state index >= 15 is 0 Å². The summed E-state index contributed by atoms with van der Waals surface area (Å²) in [6, 6.07) is 8.67.